The van der Waals surface area contributed by atoms with Crippen LogP contribution < -0.4 is 10.6 Å². The molecule has 118 valence electrons. The SMILES string of the molecule is Cl.O=C(CNCC1CC1)Nc1ccc(Cn2cccn2)cc1. The lowest BCUT2D eigenvalue weighted by Gasteiger charge is -2.07. The highest BCUT2D eigenvalue weighted by Crippen LogP contribution is 2.27. The maximum atomic E-state index is 11.8. The second kappa shape index (κ2) is 7.96. The number of rotatable bonds is 7. The number of anilines is 1. The number of halogens is 1. The zero-order valence-corrected chi connectivity index (χ0v) is 13.2. The Balaban J connectivity index is 0.00000176. The average molecular weight is 321 g/mol. The minimum atomic E-state index is 0. The van der Waals surface area contributed by atoms with E-state index >= 15 is 0 Å². The van der Waals surface area contributed by atoms with Crippen LogP contribution in [0, 0.1) is 5.92 Å². The molecule has 1 aromatic carbocycles. The lowest BCUT2D eigenvalue weighted by molar-refractivity contribution is -0.115. The number of aromatic nitrogens is 2. The molecule has 0 bridgehead atoms. The van der Waals surface area contributed by atoms with Gasteiger partial charge in [-0.05, 0) is 49.1 Å². The summed E-state index contributed by atoms with van der Waals surface area (Å²) in [6, 6.07) is 9.78. The molecule has 0 aliphatic heterocycles. The fraction of sp³-hybridized carbons (Fsp3) is 0.375. The minimum Gasteiger partial charge on any atom is -0.325 e. The summed E-state index contributed by atoms with van der Waals surface area (Å²) in [5.74, 6) is 0.801. The molecule has 6 heteroatoms. The molecule has 1 saturated carbocycles. The highest BCUT2D eigenvalue weighted by Gasteiger charge is 2.20. The molecule has 5 nitrogen and oxygen atoms in total. The van der Waals surface area contributed by atoms with Crippen LogP contribution in [0.25, 0.3) is 0 Å². The summed E-state index contributed by atoms with van der Waals surface area (Å²) < 4.78 is 1.87. The molecule has 0 saturated heterocycles. The molecule has 2 N–H and O–H groups in total. The molecule has 0 unspecified atom stereocenters. The number of carbonyl (C=O) groups is 1. The second-order valence-electron chi connectivity index (χ2n) is 5.52. The summed E-state index contributed by atoms with van der Waals surface area (Å²) in [5, 5.41) is 10.3. The number of nitrogens with zero attached hydrogens (tertiary/aromatic N) is 2. The number of benzene rings is 1. The molecule has 1 aliphatic rings. The molecule has 2 aromatic rings. The molecule has 1 aromatic heterocycles. The van der Waals surface area contributed by atoms with Crippen molar-refractivity contribution in [3.8, 4) is 0 Å². The van der Waals surface area contributed by atoms with Crippen molar-refractivity contribution in [3.63, 3.8) is 0 Å². The zero-order valence-electron chi connectivity index (χ0n) is 12.4. The van der Waals surface area contributed by atoms with Gasteiger partial charge in [0.1, 0.15) is 0 Å². The van der Waals surface area contributed by atoms with E-state index < -0.39 is 0 Å². The number of carbonyl (C=O) groups excluding carboxylic acids is 1. The molecule has 0 atom stereocenters. The third-order valence-electron chi connectivity index (χ3n) is 3.56. The fourth-order valence-corrected chi connectivity index (χ4v) is 2.19. The average Bonchev–Trinajstić information content (AvgIpc) is 3.16. The maximum absolute atomic E-state index is 11.8. The summed E-state index contributed by atoms with van der Waals surface area (Å²) in [5.41, 5.74) is 1.99. The van der Waals surface area contributed by atoms with Crippen molar-refractivity contribution in [1.29, 1.82) is 0 Å². The van der Waals surface area contributed by atoms with Crippen LogP contribution >= 0.6 is 12.4 Å². The van der Waals surface area contributed by atoms with Crippen molar-refractivity contribution < 1.29 is 4.79 Å². The van der Waals surface area contributed by atoms with Gasteiger partial charge in [0.2, 0.25) is 5.91 Å². The van der Waals surface area contributed by atoms with Gasteiger partial charge >= 0.3 is 0 Å². The molecule has 1 heterocycles. The standard InChI is InChI=1S/C16H20N4O.ClH/c21-16(11-17-10-13-2-3-13)19-15-6-4-14(5-7-15)12-20-9-1-8-18-20;/h1,4-9,13,17H,2-3,10-12H2,(H,19,21);1H. The number of amides is 1. The summed E-state index contributed by atoms with van der Waals surface area (Å²) in [6.07, 6.45) is 6.29. The Bertz CT molecular complexity index is 579. The molecule has 1 amide bonds. The summed E-state index contributed by atoms with van der Waals surface area (Å²) in [6.45, 7) is 2.08. The van der Waals surface area contributed by atoms with Gasteiger partial charge in [-0.1, -0.05) is 12.1 Å². The third-order valence-corrected chi connectivity index (χ3v) is 3.56. The normalized spacial score (nSPS) is 13.5. The van der Waals surface area contributed by atoms with Gasteiger partial charge in [-0.3, -0.25) is 9.48 Å². The van der Waals surface area contributed by atoms with E-state index in [-0.39, 0.29) is 18.3 Å². The predicted molar refractivity (Wildman–Crippen MR) is 89.2 cm³/mol. The molecule has 1 aliphatic carbocycles. The van der Waals surface area contributed by atoms with Crippen LogP contribution in [-0.4, -0.2) is 28.8 Å². The van der Waals surface area contributed by atoms with Gasteiger partial charge in [0.05, 0.1) is 13.1 Å². The van der Waals surface area contributed by atoms with Crippen LogP contribution in [-0.2, 0) is 11.3 Å². The van der Waals surface area contributed by atoms with Gasteiger partial charge in [-0.15, -0.1) is 12.4 Å². The van der Waals surface area contributed by atoms with Gasteiger partial charge < -0.3 is 10.6 Å². The number of hydrogen-bond acceptors (Lipinski definition) is 3. The quantitative estimate of drug-likeness (QED) is 0.823. The summed E-state index contributed by atoms with van der Waals surface area (Å²) >= 11 is 0. The Morgan fingerprint density at radius 2 is 2.05 bits per heavy atom. The van der Waals surface area contributed by atoms with E-state index in [1.54, 1.807) is 6.20 Å². The molecule has 1 fully saturated rings. The van der Waals surface area contributed by atoms with E-state index in [4.69, 9.17) is 0 Å². The Morgan fingerprint density at radius 3 is 2.68 bits per heavy atom. The van der Waals surface area contributed by atoms with Crippen LogP contribution in [0.1, 0.15) is 18.4 Å². The zero-order chi connectivity index (χ0) is 14.5. The van der Waals surface area contributed by atoms with Crippen LogP contribution in [0.4, 0.5) is 5.69 Å². The lowest BCUT2D eigenvalue weighted by Crippen LogP contribution is -2.29. The van der Waals surface area contributed by atoms with Gasteiger partial charge in [0.15, 0.2) is 0 Å². The van der Waals surface area contributed by atoms with Crippen molar-refractivity contribution in [1.82, 2.24) is 15.1 Å². The smallest absolute Gasteiger partial charge is 0.238 e. The first-order valence-electron chi connectivity index (χ1n) is 7.36. The molecule has 0 spiro atoms. The Morgan fingerprint density at radius 1 is 1.27 bits per heavy atom. The van der Waals surface area contributed by atoms with Gasteiger partial charge in [0.25, 0.3) is 0 Å². The summed E-state index contributed by atoms with van der Waals surface area (Å²) in [4.78, 5) is 11.8. The summed E-state index contributed by atoms with van der Waals surface area (Å²) in [7, 11) is 0. The van der Waals surface area contributed by atoms with Crippen LogP contribution in [0.2, 0.25) is 0 Å². The molecular formula is C16H21ClN4O. The van der Waals surface area contributed by atoms with E-state index in [9.17, 15) is 4.79 Å². The fourth-order valence-electron chi connectivity index (χ4n) is 2.19. The highest BCUT2D eigenvalue weighted by atomic mass is 35.5. The van der Waals surface area contributed by atoms with E-state index in [1.165, 1.54) is 12.8 Å². The first-order valence-corrected chi connectivity index (χ1v) is 7.36. The van der Waals surface area contributed by atoms with Crippen LogP contribution in [0.15, 0.2) is 42.7 Å². The Kier molecular flexibility index (Phi) is 5.98. The van der Waals surface area contributed by atoms with Crippen molar-refractivity contribution in [3.05, 3.63) is 48.3 Å². The number of nitrogens with one attached hydrogen (secondary N) is 2. The minimum absolute atomic E-state index is 0. The van der Waals surface area contributed by atoms with E-state index in [1.807, 2.05) is 41.2 Å². The first-order chi connectivity index (χ1) is 10.3. The maximum Gasteiger partial charge on any atom is 0.238 e. The molecule has 22 heavy (non-hydrogen) atoms. The van der Waals surface area contributed by atoms with Crippen molar-refractivity contribution in [2.45, 2.75) is 19.4 Å². The monoisotopic (exact) mass is 320 g/mol. The van der Waals surface area contributed by atoms with Gasteiger partial charge in [-0.25, -0.2) is 0 Å². The third kappa shape index (κ3) is 5.16. The van der Waals surface area contributed by atoms with Gasteiger partial charge in [0, 0.05) is 18.1 Å². The predicted octanol–water partition coefficient (Wildman–Crippen LogP) is 2.29. The van der Waals surface area contributed by atoms with Crippen LogP contribution in [0.5, 0.6) is 0 Å². The highest BCUT2D eigenvalue weighted by molar-refractivity contribution is 5.92. The van der Waals surface area contributed by atoms with E-state index in [2.05, 4.69) is 15.7 Å². The molecular weight excluding hydrogens is 300 g/mol. The van der Waals surface area contributed by atoms with E-state index in [0.29, 0.717) is 6.54 Å². The second-order valence-corrected chi connectivity index (χ2v) is 5.52. The largest absolute Gasteiger partial charge is 0.325 e. The first kappa shape index (κ1) is 16.5. The number of hydrogen-bond donors (Lipinski definition) is 2. The topological polar surface area (TPSA) is 59.0 Å². The van der Waals surface area contributed by atoms with Crippen LogP contribution in [0.3, 0.4) is 0 Å². The molecule has 3 rings (SSSR count). The van der Waals surface area contributed by atoms with Crippen molar-refractivity contribution >= 4 is 24.0 Å². The van der Waals surface area contributed by atoms with Crippen molar-refractivity contribution in [2.24, 2.45) is 5.92 Å². The van der Waals surface area contributed by atoms with Crippen molar-refractivity contribution in [2.75, 3.05) is 18.4 Å². The Labute approximate surface area is 136 Å². The van der Waals surface area contributed by atoms with E-state index in [0.717, 1.165) is 30.3 Å². The molecule has 0 radical (unpaired) electrons. The van der Waals surface area contributed by atoms with Gasteiger partial charge in [-0.2, -0.15) is 5.10 Å². The lowest BCUT2D eigenvalue weighted by atomic mass is 10.2. The Hall–Kier alpha value is -1.85.